The molecule has 4 rings (SSSR count). The van der Waals surface area contributed by atoms with E-state index in [0.29, 0.717) is 22.6 Å². The fourth-order valence-electron chi connectivity index (χ4n) is 3.49. The number of carbonyl (C=O) groups excluding carboxylic acids is 1. The Bertz CT molecular complexity index is 934. The summed E-state index contributed by atoms with van der Waals surface area (Å²) < 4.78 is 5.74. The fraction of sp³-hybridized carbons (Fsp3) is 0.273. The Kier molecular flexibility index (Phi) is 4.92. The number of hydrogen-bond donors (Lipinski definition) is 0. The van der Waals surface area contributed by atoms with Crippen LogP contribution in [0, 0.1) is 0 Å². The molecule has 0 amide bonds. The summed E-state index contributed by atoms with van der Waals surface area (Å²) in [6.45, 7) is 2.18. The standard InChI is InChI=1S/C22H22N2O3/c25-21(26)15-17(22-23-19-6-2-3-7-20(19)27-22)14-16-8-10-18(11-9-16)24-12-4-1-5-13-24/h2-3,6-11,14H,1,4-5,12-13,15H2,(H,25,26)/p-1/b17-14+. The topological polar surface area (TPSA) is 69.4 Å². The van der Waals surface area contributed by atoms with Crippen molar-refractivity contribution in [2.45, 2.75) is 25.7 Å². The molecule has 5 heteroatoms. The number of fused-ring (bicyclic) bond motifs is 1. The molecule has 1 aromatic heterocycles. The van der Waals surface area contributed by atoms with Gasteiger partial charge in [-0.3, -0.25) is 0 Å². The van der Waals surface area contributed by atoms with Crippen molar-refractivity contribution in [1.82, 2.24) is 4.98 Å². The summed E-state index contributed by atoms with van der Waals surface area (Å²) in [6, 6.07) is 15.6. The van der Waals surface area contributed by atoms with E-state index in [-0.39, 0.29) is 6.42 Å². The number of oxazole rings is 1. The summed E-state index contributed by atoms with van der Waals surface area (Å²) in [5.74, 6) is -0.839. The van der Waals surface area contributed by atoms with Crippen molar-refractivity contribution in [2.75, 3.05) is 18.0 Å². The lowest BCUT2D eigenvalue weighted by Gasteiger charge is -2.28. The highest BCUT2D eigenvalue weighted by atomic mass is 16.4. The van der Waals surface area contributed by atoms with Gasteiger partial charge in [0, 0.05) is 36.7 Å². The first-order valence-corrected chi connectivity index (χ1v) is 9.30. The number of hydrogen-bond acceptors (Lipinski definition) is 5. The van der Waals surface area contributed by atoms with E-state index in [2.05, 4.69) is 22.0 Å². The van der Waals surface area contributed by atoms with Crippen molar-refractivity contribution in [3.63, 3.8) is 0 Å². The molecule has 27 heavy (non-hydrogen) atoms. The molecule has 0 atom stereocenters. The van der Waals surface area contributed by atoms with Gasteiger partial charge >= 0.3 is 0 Å². The Morgan fingerprint density at radius 1 is 1.07 bits per heavy atom. The molecule has 138 valence electrons. The molecule has 1 fully saturated rings. The molecule has 0 saturated carbocycles. The highest BCUT2D eigenvalue weighted by Gasteiger charge is 2.13. The predicted molar refractivity (Wildman–Crippen MR) is 104 cm³/mol. The van der Waals surface area contributed by atoms with Gasteiger partial charge in [-0.1, -0.05) is 24.3 Å². The number of carbonyl (C=O) groups is 1. The number of aliphatic carboxylic acids is 1. The number of carboxylic acid groups (broad SMARTS) is 1. The van der Waals surface area contributed by atoms with Crippen LogP contribution in [0.1, 0.15) is 37.1 Å². The molecule has 1 saturated heterocycles. The number of aromatic nitrogens is 1. The van der Waals surface area contributed by atoms with Gasteiger partial charge in [0.05, 0.1) is 0 Å². The molecule has 3 aromatic rings. The average molecular weight is 361 g/mol. The van der Waals surface area contributed by atoms with E-state index in [1.54, 1.807) is 6.08 Å². The van der Waals surface area contributed by atoms with Gasteiger partial charge in [-0.15, -0.1) is 0 Å². The van der Waals surface area contributed by atoms with Gasteiger partial charge in [0.15, 0.2) is 5.58 Å². The predicted octanol–water partition coefficient (Wildman–Crippen LogP) is 3.50. The summed E-state index contributed by atoms with van der Waals surface area (Å²) in [4.78, 5) is 18.0. The molecule has 0 aliphatic carbocycles. The van der Waals surface area contributed by atoms with E-state index in [9.17, 15) is 9.90 Å². The molecular formula is C22H21N2O3-. The maximum Gasteiger partial charge on any atom is 0.223 e. The number of carboxylic acids is 1. The second-order valence-corrected chi connectivity index (χ2v) is 6.84. The number of piperidine rings is 1. The fourth-order valence-corrected chi connectivity index (χ4v) is 3.49. The van der Waals surface area contributed by atoms with Crippen LogP contribution in [0.3, 0.4) is 0 Å². The third-order valence-corrected chi connectivity index (χ3v) is 4.86. The minimum absolute atomic E-state index is 0.249. The van der Waals surface area contributed by atoms with Crippen molar-refractivity contribution in [3.05, 3.63) is 60.0 Å². The third-order valence-electron chi connectivity index (χ3n) is 4.86. The Labute approximate surface area is 157 Å². The molecular weight excluding hydrogens is 340 g/mol. The summed E-state index contributed by atoms with van der Waals surface area (Å²) in [5, 5.41) is 11.2. The zero-order chi connectivity index (χ0) is 18.6. The minimum atomic E-state index is -1.16. The number of nitrogens with zero attached hydrogens (tertiary/aromatic N) is 2. The zero-order valence-electron chi connectivity index (χ0n) is 15.1. The molecule has 0 bridgehead atoms. The molecule has 2 heterocycles. The lowest BCUT2D eigenvalue weighted by Crippen LogP contribution is -2.29. The van der Waals surface area contributed by atoms with Crippen molar-refractivity contribution in [2.24, 2.45) is 0 Å². The van der Waals surface area contributed by atoms with Gasteiger partial charge in [0.1, 0.15) is 5.52 Å². The summed E-state index contributed by atoms with van der Waals surface area (Å²) in [6.07, 6.45) is 5.32. The van der Waals surface area contributed by atoms with Crippen molar-refractivity contribution in [1.29, 1.82) is 0 Å². The first kappa shape index (κ1) is 17.3. The van der Waals surface area contributed by atoms with Gasteiger partial charge in [-0.05, 0) is 55.2 Å². The van der Waals surface area contributed by atoms with Crippen molar-refractivity contribution >= 4 is 34.4 Å². The SMILES string of the molecule is O=C([O-])C/C(=C\c1ccc(N2CCCCC2)cc1)c1nc2ccccc2o1. The summed E-state index contributed by atoms with van der Waals surface area (Å²) in [7, 11) is 0. The largest absolute Gasteiger partial charge is 0.550 e. The van der Waals surface area contributed by atoms with Gasteiger partial charge < -0.3 is 19.2 Å². The molecule has 2 aromatic carbocycles. The van der Waals surface area contributed by atoms with Crippen LogP contribution in [0.4, 0.5) is 5.69 Å². The molecule has 1 aliphatic heterocycles. The zero-order valence-corrected chi connectivity index (χ0v) is 15.1. The maximum absolute atomic E-state index is 11.2. The highest BCUT2D eigenvalue weighted by Crippen LogP contribution is 2.26. The Balaban J connectivity index is 1.63. The van der Waals surface area contributed by atoms with E-state index in [1.807, 2.05) is 36.4 Å². The molecule has 5 nitrogen and oxygen atoms in total. The number of rotatable bonds is 5. The van der Waals surface area contributed by atoms with Crippen LogP contribution in [-0.4, -0.2) is 24.0 Å². The van der Waals surface area contributed by atoms with Crippen LogP contribution in [0.15, 0.2) is 52.9 Å². The summed E-state index contributed by atoms with van der Waals surface area (Å²) >= 11 is 0. The normalized spacial score (nSPS) is 15.3. The summed E-state index contributed by atoms with van der Waals surface area (Å²) in [5.41, 5.74) is 3.95. The van der Waals surface area contributed by atoms with Crippen LogP contribution < -0.4 is 10.0 Å². The van der Waals surface area contributed by atoms with E-state index >= 15 is 0 Å². The monoisotopic (exact) mass is 361 g/mol. The third kappa shape index (κ3) is 4.03. The van der Waals surface area contributed by atoms with E-state index in [4.69, 9.17) is 4.42 Å². The van der Waals surface area contributed by atoms with Gasteiger partial charge in [-0.2, -0.15) is 0 Å². The Hall–Kier alpha value is -3.08. The smallest absolute Gasteiger partial charge is 0.223 e. The lowest BCUT2D eigenvalue weighted by atomic mass is 10.1. The number of benzene rings is 2. The van der Waals surface area contributed by atoms with Crippen LogP contribution in [0.2, 0.25) is 0 Å². The molecule has 0 spiro atoms. The van der Waals surface area contributed by atoms with Gasteiger partial charge in [-0.25, -0.2) is 4.98 Å². The first-order chi connectivity index (χ1) is 13.2. The van der Waals surface area contributed by atoms with Crippen molar-refractivity contribution in [3.8, 4) is 0 Å². The molecule has 0 unspecified atom stereocenters. The Morgan fingerprint density at radius 2 is 1.81 bits per heavy atom. The number of anilines is 1. The quantitative estimate of drug-likeness (QED) is 0.696. The highest BCUT2D eigenvalue weighted by molar-refractivity contribution is 5.90. The maximum atomic E-state index is 11.2. The van der Waals surface area contributed by atoms with Crippen LogP contribution >= 0.6 is 0 Å². The lowest BCUT2D eigenvalue weighted by molar-refractivity contribution is -0.304. The molecule has 0 N–H and O–H groups in total. The second-order valence-electron chi connectivity index (χ2n) is 6.84. The first-order valence-electron chi connectivity index (χ1n) is 9.30. The van der Waals surface area contributed by atoms with E-state index in [0.717, 1.165) is 18.7 Å². The molecule has 0 radical (unpaired) electrons. The molecule has 1 aliphatic rings. The van der Waals surface area contributed by atoms with Crippen LogP contribution in [-0.2, 0) is 4.79 Å². The van der Waals surface area contributed by atoms with Gasteiger partial charge in [0.2, 0.25) is 5.89 Å². The van der Waals surface area contributed by atoms with E-state index in [1.165, 1.54) is 24.9 Å². The second kappa shape index (κ2) is 7.66. The van der Waals surface area contributed by atoms with Crippen molar-refractivity contribution < 1.29 is 14.3 Å². The van der Waals surface area contributed by atoms with Gasteiger partial charge in [0.25, 0.3) is 0 Å². The Morgan fingerprint density at radius 3 is 2.52 bits per heavy atom. The minimum Gasteiger partial charge on any atom is -0.550 e. The average Bonchev–Trinajstić information content (AvgIpc) is 3.13. The number of para-hydroxylation sites is 2. The van der Waals surface area contributed by atoms with Crippen LogP contribution in [0.25, 0.3) is 22.7 Å². The van der Waals surface area contributed by atoms with E-state index < -0.39 is 5.97 Å². The van der Waals surface area contributed by atoms with Crippen LogP contribution in [0.5, 0.6) is 0 Å².